The molecule has 7 heteroatoms. The third kappa shape index (κ3) is 3.83. The van der Waals surface area contributed by atoms with E-state index in [-0.39, 0.29) is 17.7 Å². The quantitative estimate of drug-likeness (QED) is 0.344. The van der Waals surface area contributed by atoms with Crippen LogP contribution in [0.4, 0.5) is 11.5 Å². The number of nitrogens with zero attached hydrogens (tertiary/aromatic N) is 2. The van der Waals surface area contributed by atoms with Crippen LogP contribution in [0.3, 0.4) is 0 Å². The summed E-state index contributed by atoms with van der Waals surface area (Å²) < 4.78 is 5.20. The van der Waals surface area contributed by atoms with E-state index in [1.807, 2.05) is 61.5 Å². The van der Waals surface area contributed by atoms with Crippen LogP contribution in [0.2, 0.25) is 0 Å². The molecule has 1 aromatic carbocycles. The molecule has 0 spiro atoms. The number of amides is 1. The molecular weight excluding hydrogens is 402 g/mol. The number of anilines is 2. The van der Waals surface area contributed by atoms with Crippen LogP contribution in [0.15, 0.2) is 89.8 Å². The highest BCUT2D eigenvalue weighted by Gasteiger charge is 2.23. The number of hydrogen-bond acceptors (Lipinski definition) is 5. The van der Waals surface area contributed by atoms with Crippen LogP contribution in [0.5, 0.6) is 0 Å². The van der Waals surface area contributed by atoms with Crippen molar-refractivity contribution in [1.29, 1.82) is 0 Å². The van der Waals surface area contributed by atoms with E-state index in [1.165, 1.54) is 6.26 Å². The Morgan fingerprint density at radius 1 is 1.00 bits per heavy atom. The molecule has 5 rings (SSSR count). The summed E-state index contributed by atoms with van der Waals surface area (Å²) in [5, 5.41) is 7.41. The molecule has 4 aromatic heterocycles. The number of fused-ring (bicyclic) bond motifs is 1. The van der Waals surface area contributed by atoms with Gasteiger partial charge in [0.05, 0.1) is 18.0 Å². The predicted molar refractivity (Wildman–Crippen MR) is 124 cm³/mol. The van der Waals surface area contributed by atoms with Crippen LogP contribution >= 0.6 is 0 Å². The lowest BCUT2D eigenvalue weighted by Crippen LogP contribution is -2.15. The van der Waals surface area contributed by atoms with Crippen molar-refractivity contribution in [1.82, 2.24) is 15.0 Å². The Morgan fingerprint density at radius 2 is 1.84 bits per heavy atom. The highest BCUT2D eigenvalue weighted by molar-refractivity contribution is 6.03. The summed E-state index contributed by atoms with van der Waals surface area (Å²) in [5.74, 6) is 0.717. The molecule has 0 radical (unpaired) electrons. The largest absolute Gasteiger partial charge is 0.459 e. The van der Waals surface area contributed by atoms with E-state index in [0.717, 1.165) is 33.7 Å². The number of rotatable bonds is 6. The van der Waals surface area contributed by atoms with Crippen LogP contribution in [0.25, 0.3) is 10.9 Å². The fourth-order valence-electron chi connectivity index (χ4n) is 3.83. The maximum atomic E-state index is 12.5. The molecule has 5 aromatic rings. The van der Waals surface area contributed by atoms with Gasteiger partial charge in [-0.3, -0.25) is 9.78 Å². The lowest BCUT2D eigenvalue weighted by molar-refractivity contribution is 0.0996. The monoisotopic (exact) mass is 423 g/mol. The second-order valence-electron chi connectivity index (χ2n) is 7.40. The van der Waals surface area contributed by atoms with Gasteiger partial charge in [-0.05, 0) is 61.5 Å². The second-order valence-corrected chi connectivity index (χ2v) is 7.40. The number of pyridine rings is 2. The first-order chi connectivity index (χ1) is 15.7. The van der Waals surface area contributed by atoms with E-state index >= 15 is 0 Å². The third-order valence-electron chi connectivity index (χ3n) is 5.27. The Hall–Kier alpha value is -4.39. The summed E-state index contributed by atoms with van der Waals surface area (Å²) in [6, 6.07) is 20.5. The van der Waals surface area contributed by atoms with Crippen molar-refractivity contribution >= 4 is 28.3 Å². The van der Waals surface area contributed by atoms with Crippen LogP contribution in [0.1, 0.15) is 33.5 Å². The smallest absolute Gasteiger partial charge is 0.291 e. The third-order valence-corrected chi connectivity index (χ3v) is 5.27. The van der Waals surface area contributed by atoms with Gasteiger partial charge in [0.25, 0.3) is 5.91 Å². The topological polar surface area (TPSA) is 95.8 Å². The zero-order chi connectivity index (χ0) is 21.9. The molecule has 3 N–H and O–H groups in total. The van der Waals surface area contributed by atoms with Crippen molar-refractivity contribution in [3.63, 3.8) is 0 Å². The van der Waals surface area contributed by atoms with Gasteiger partial charge in [-0.2, -0.15) is 0 Å². The molecule has 32 heavy (non-hydrogen) atoms. The van der Waals surface area contributed by atoms with E-state index in [9.17, 15) is 4.79 Å². The van der Waals surface area contributed by atoms with E-state index in [1.54, 1.807) is 24.5 Å². The van der Waals surface area contributed by atoms with Crippen molar-refractivity contribution in [2.24, 2.45) is 0 Å². The van der Waals surface area contributed by atoms with Gasteiger partial charge in [-0.1, -0.05) is 12.1 Å². The van der Waals surface area contributed by atoms with Gasteiger partial charge in [-0.15, -0.1) is 0 Å². The lowest BCUT2D eigenvalue weighted by Gasteiger charge is -2.20. The van der Waals surface area contributed by atoms with Crippen molar-refractivity contribution in [2.45, 2.75) is 13.0 Å². The van der Waals surface area contributed by atoms with Crippen LogP contribution in [-0.2, 0) is 0 Å². The van der Waals surface area contributed by atoms with Crippen molar-refractivity contribution in [3.05, 3.63) is 108 Å². The van der Waals surface area contributed by atoms with Crippen LogP contribution in [-0.4, -0.2) is 20.9 Å². The summed E-state index contributed by atoms with van der Waals surface area (Å²) >= 11 is 0. The normalized spacial score (nSPS) is 11.9. The Bertz CT molecular complexity index is 1350. The maximum absolute atomic E-state index is 12.5. The Labute approximate surface area is 184 Å². The highest BCUT2D eigenvalue weighted by Crippen LogP contribution is 2.34. The average molecular weight is 423 g/mol. The number of aromatic amines is 1. The molecule has 0 fully saturated rings. The van der Waals surface area contributed by atoms with E-state index < -0.39 is 0 Å². The van der Waals surface area contributed by atoms with Gasteiger partial charge in [0.1, 0.15) is 5.82 Å². The Balaban J connectivity index is 1.58. The summed E-state index contributed by atoms with van der Waals surface area (Å²) in [4.78, 5) is 24.9. The number of nitrogens with one attached hydrogen (secondary N) is 3. The van der Waals surface area contributed by atoms with Gasteiger partial charge in [0.2, 0.25) is 0 Å². The minimum Gasteiger partial charge on any atom is -0.459 e. The minimum atomic E-state index is -0.295. The van der Waals surface area contributed by atoms with Gasteiger partial charge in [-0.25, -0.2) is 4.98 Å². The lowest BCUT2D eigenvalue weighted by atomic mass is 9.99. The first-order valence-electron chi connectivity index (χ1n) is 10.2. The number of benzene rings is 1. The SMILES string of the molecule is Cc1[nH]c2ccc(NC(=O)c3ccco3)cc2c1[C@@H](Nc1ccccn1)c1ccccn1. The van der Waals surface area contributed by atoms with E-state index in [2.05, 4.69) is 25.6 Å². The van der Waals surface area contributed by atoms with Gasteiger partial charge >= 0.3 is 0 Å². The molecule has 0 saturated heterocycles. The van der Waals surface area contributed by atoms with E-state index in [4.69, 9.17) is 4.42 Å². The molecule has 0 aliphatic heterocycles. The number of carbonyl (C=O) groups is 1. The fourth-order valence-corrected chi connectivity index (χ4v) is 3.83. The molecular formula is C25H21N5O2. The standard InChI is InChI=1S/C25H21N5O2/c1-16-23(24(20-7-2-4-12-26-20)30-22-9-3-5-13-27-22)18-15-17(10-11-19(18)28-16)29-25(31)21-8-6-14-32-21/h2-15,24,28H,1H3,(H,27,30)(H,29,31)/t24-/m0/s1. The molecule has 0 bridgehead atoms. The molecule has 0 aliphatic rings. The van der Waals surface area contributed by atoms with Crippen molar-refractivity contribution in [2.75, 3.05) is 10.6 Å². The maximum Gasteiger partial charge on any atom is 0.291 e. The number of aryl methyl sites for hydroxylation is 1. The van der Waals surface area contributed by atoms with Gasteiger partial charge in [0, 0.05) is 40.2 Å². The summed E-state index contributed by atoms with van der Waals surface area (Å²) in [7, 11) is 0. The molecule has 158 valence electrons. The average Bonchev–Trinajstić information content (AvgIpc) is 3.47. The number of hydrogen-bond donors (Lipinski definition) is 3. The number of furan rings is 1. The van der Waals surface area contributed by atoms with Gasteiger partial charge in [0.15, 0.2) is 5.76 Å². The molecule has 7 nitrogen and oxygen atoms in total. The molecule has 0 saturated carbocycles. The fraction of sp³-hybridized carbons (Fsp3) is 0.0800. The highest BCUT2D eigenvalue weighted by atomic mass is 16.3. The Kier molecular flexibility index (Phi) is 5.13. The number of aromatic nitrogens is 3. The summed E-state index contributed by atoms with van der Waals surface area (Å²) in [5.41, 5.74) is 4.56. The zero-order valence-electron chi connectivity index (χ0n) is 17.4. The number of carbonyl (C=O) groups excluding carboxylic acids is 1. The zero-order valence-corrected chi connectivity index (χ0v) is 17.4. The number of H-pyrrole nitrogens is 1. The second kappa shape index (κ2) is 8.39. The molecule has 4 heterocycles. The first-order valence-corrected chi connectivity index (χ1v) is 10.2. The summed E-state index contributed by atoms with van der Waals surface area (Å²) in [6.07, 6.45) is 5.01. The molecule has 0 unspecified atom stereocenters. The van der Waals surface area contributed by atoms with E-state index in [0.29, 0.717) is 5.69 Å². The molecule has 1 atom stereocenters. The predicted octanol–water partition coefficient (Wildman–Crippen LogP) is 5.31. The van der Waals surface area contributed by atoms with Crippen LogP contribution in [0, 0.1) is 6.92 Å². The Morgan fingerprint density at radius 3 is 2.56 bits per heavy atom. The van der Waals surface area contributed by atoms with Crippen molar-refractivity contribution < 1.29 is 9.21 Å². The summed E-state index contributed by atoms with van der Waals surface area (Å²) in [6.45, 7) is 2.03. The molecule has 0 aliphatic carbocycles. The van der Waals surface area contributed by atoms with Gasteiger partial charge < -0.3 is 20.0 Å². The molecule has 1 amide bonds. The first kappa shape index (κ1) is 19.6. The van der Waals surface area contributed by atoms with Crippen LogP contribution < -0.4 is 10.6 Å². The minimum absolute atomic E-state index is 0.240. The van der Waals surface area contributed by atoms with Crippen molar-refractivity contribution in [3.8, 4) is 0 Å².